The Morgan fingerprint density at radius 2 is 1.18 bits per heavy atom. The van der Waals surface area contributed by atoms with Gasteiger partial charge in [0.1, 0.15) is 23.7 Å². The molecule has 4 fully saturated rings. The number of esters is 3. The number of methoxy groups -OCH3 is 2. The summed E-state index contributed by atoms with van der Waals surface area (Å²) in [7, 11) is 2.68. The molecule has 22 nitrogen and oxygen atoms in total. The number of nitrogens with zero attached hydrogens (tertiary/aromatic N) is 10. The summed E-state index contributed by atoms with van der Waals surface area (Å²) >= 11 is 12.7. The SMILES string of the molecule is CCOC(=O)C1=C(CN2CCN3C(=O)N(c4ccc(CC(=O)O)cc4)C[C@@H]3C2)NC(c2nccs2)=N[C@H]1c1ccc(F)cc1Br.COC(=O)CCc1ccc(N2C[C@@H]3CN(CC4=C(C(=O)OC)[C@H](c5ccc(F)cc5Cl)N=C(c5nccs5)N4)CCN3C2=O)cc1. The number of nitrogens with one attached hydrogen (secondary N) is 2. The highest BCUT2D eigenvalue weighted by atomic mass is 79.9. The number of rotatable bonds is 18. The molecule has 91 heavy (non-hydrogen) atoms. The van der Waals surface area contributed by atoms with Gasteiger partial charge in [-0.25, -0.2) is 37.9 Å². The fourth-order valence-electron chi connectivity index (χ4n) is 11.9. The summed E-state index contributed by atoms with van der Waals surface area (Å²) < 4.78 is 43.9. The van der Waals surface area contributed by atoms with E-state index in [0.29, 0.717) is 144 Å². The molecule has 4 atom stereocenters. The number of thiazole rings is 2. The van der Waals surface area contributed by atoms with E-state index in [1.807, 2.05) is 44.8 Å². The van der Waals surface area contributed by atoms with Crippen LogP contribution in [0.5, 0.6) is 0 Å². The number of amidine groups is 2. The molecule has 0 spiro atoms. The number of carbonyl (C=O) groups is 6. The molecule has 0 aliphatic carbocycles. The monoisotopic (exact) mass is 1360 g/mol. The number of carboxylic acids is 1. The van der Waals surface area contributed by atoms with Crippen molar-refractivity contribution < 1.29 is 56.9 Å². The predicted octanol–water partition coefficient (Wildman–Crippen LogP) is 8.39. The molecule has 4 aromatic carbocycles. The van der Waals surface area contributed by atoms with E-state index >= 15 is 0 Å². The Balaban J connectivity index is 0.000000187. The molecule has 28 heteroatoms. The number of halogens is 4. The summed E-state index contributed by atoms with van der Waals surface area (Å²) in [5.74, 6) is -2.21. The molecule has 0 bridgehead atoms. The maximum Gasteiger partial charge on any atom is 0.338 e. The van der Waals surface area contributed by atoms with Crippen LogP contribution in [0.4, 0.5) is 29.7 Å². The number of carboxylic acid groups (broad SMARTS) is 1. The van der Waals surface area contributed by atoms with Crippen LogP contribution in [0.15, 0.2) is 145 Å². The van der Waals surface area contributed by atoms with Crippen molar-refractivity contribution in [1.82, 2.24) is 40.2 Å². The number of aliphatic imine (C=N–C) groups is 2. The number of hydrogen-bond acceptors (Lipinski definition) is 19. The summed E-state index contributed by atoms with van der Waals surface area (Å²) in [6.45, 7) is 6.90. The molecule has 0 radical (unpaired) electrons. The number of urea groups is 2. The van der Waals surface area contributed by atoms with Gasteiger partial charge >= 0.3 is 35.9 Å². The van der Waals surface area contributed by atoms with Crippen LogP contribution in [0.25, 0.3) is 0 Å². The van der Waals surface area contributed by atoms with Gasteiger partial charge in [-0.1, -0.05) is 63.9 Å². The van der Waals surface area contributed by atoms with E-state index in [0.717, 1.165) is 11.3 Å². The minimum Gasteiger partial charge on any atom is -0.481 e. The number of piperazine rings is 2. The van der Waals surface area contributed by atoms with Crippen molar-refractivity contribution in [3.05, 3.63) is 184 Å². The first-order valence-corrected chi connectivity index (χ1v) is 32.1. The Hall–Kier alpha value is -8.47. The smallest absolute Gasteiger partial charge is 0.338 e. The molecule has 6 aliphatic heterocycles. The molecule has 12 rings (SSSR count). The molecule has 4 saturated heterocycles. The zero-order valence-corrected chi connectivity index (χ0v) is 53.5. The Morgan fingerprint density at radius 1 is 0.670 bits per heavy atom. The Bertz CT molecular complexity index is 3880. The molecule has 4 amide bonds. The Kier molecular flexibility index (Phi) is 20.0. The van der Waals surface area contributed by atoms with Crippen molar-refractivity contribution in [2.45, 2.75) is 50.4 Å². The van der Waals surface area contributed by atoms with Gasteiger partial charge in [0.15, 0.2) is 21.7 Å². The molecule has 6 aliphatic rings. The second-order valence-corrected chi connectivity index (χ2v) is 25.0. The topological polar surface area (TPSA) is 244 Å². The lowest BCUT2D eigenvalue weighted by molar-refractivity contribution is -0.141. The number of anilines is 2. The first kappa shape index (κ1) is 64.1. The van der Waals surface area contributed by atoms with E-state index in [4.69, 9.17) is 40.9 Å². The number of aromatic nitrogens is 2. The molecule has 474 valence electrons. The van der Waals surface area contributed by atoms with Gasteiger partial charge in [-0.05, 0) is 78.6 Å². The third kappa shape index (κ3) is 14.4. The Morgan fingerprint density at radius 3 is 1.65 bits per heavy atom. The standard InChI is InChI=1S/C32H32ClFN6O5S.C31H30BrFN6O5S/c1-44-26(41)10-5-19-3-7-21(8-4-19)40-17-22-16-38(12-13-39(22)32(40)43)18-25-27(31(42)45-2)28(23-9-6-20(34)15-24(23)33)37-29(36-25)30-35-11-14-46-30;1-2-44-30(42)26-24(35-28(29-34-9-12-45-29)36-27(26)22-8-5-19(33)14-23(22)32)17-37-10-11-38-21(15-37)16-39(31(38)43)20-6-3-18(4-7-20)13-25(40)41/h3-4,6-9,11,14-15,22,28H,5,10,12-13,16-18H2,1-2H3,(H,36,37);3-9,12,14,21,27H,2,10-11,13,15-17H2,1H3,(H,35,36)(H,40,41)/t22-,28-;21-,27-/m00/s1. The van der Waals surface area contributed by atoms with Crippen LogP contribution in [0.2, 0.25) is 5.02 Å². The predicted molar refractivity (Wildman–Crippen MR) is 341 cm³/mol. The molecule has 8 heterocycles. The van der Waals surface area contributed by atoms with E-state index in [-0.39, 0.29) is 53.7 Å². The fourth-order valence-corrected chi connectivity index (χ4v) is 13.9. The number of benzene rings is 4. The summed E-state index contributed by atoms with van der Waals surface area (Å²) in [6.07, 6.45) is 4.12. The van der Waals surface area contributed by atoms with Gasteiger partial charge < -0.3 is 39.8 Å². The number of hydrogen-bond donors (Lipinski definition) is 3. The van der Waals surface area contributed by atoms with Crippen molar-refractivity contribution in [2.75, 3.05) is 96.1 Å². The van der Waals surface area contributed by atoms with E-state index in [9.17, 15) is 37.5 Å². The van der Waals surface area contributed by atoms with E-state index < -0.39 is 41.6 Å². The number of aryl methyl sites for hydroxylation is 1. The van der Waals surface area contributed by atoms with Crippen molar-refractivity contribution in [3.63, 3.8) is 0 Å². The van der Waals surface area contributed by atoms with Gasteiger partial charge in [-0.15, -0.1) is 22.7 Å². The first-order chi connectivity index (χ1) is 44.0. The molecular weight excluding hydrogens is 1300 g/mol. The summed E-state index contributed by atoms with van der Waals surface area (Å²) in [4.78, 5) is 106. The second kappa shape index (κ2) is 28.4. The van der Waals surface area contributed by atoms with Crippen LogP contribution in [-0.2, 0) is 46.2 Å². The quantitative estimate of drug-likeness (QED) is 0.0540. The van der Waals surface area contributed by atoms with E-state index in [2.05, 4.69) is 46.3 Å². The minimum absolute atomic E-state index is 0.0542. The summed E-state index contributed by atoms with van der Waals surface area (Å²) in [5.41, 5.74) is 6.03. The van der Waals surface area contributed by atoms with Crippen LogP contribution in [-0.4, -0.2) is 181 Å². The molecule has 3 N–H and O–H groups in total. The largest absolute Gasteiger partial charge is 0.481 e. The fraction of sp³-hybridized carbons (Fsp3) is 0.333. The van der Waals surface area contributed by atoms with Crippen molar-refractivity contribution >= 4 is 109 Å². The maximum atomic E-state index is 14.1. The third-order valence-electron chi connectivity index (χ3n) is 16.3. The molecule has 6 aromatic rings. The van der Waals surface area contributed by atoms with Gasteiger partial charge in [0.2, 0.25) is 0 Å². The molecule has 0 saturated carbocycles. The molecule has 2 aromatic heterocycles. The summed E-state index contributed by atoms with van der Waals surface area (Å²) in [6, 6.07) is 21.1. The number of aliphatic carboxylic acids is 1. The Labute approximate surface area is 543 Å². The minimum atomic E-state index is -0.910. The highest BCUT2D eigenvalue weighted by Crippen LogP contribution is 2.40. The maximum absolute atomic E-state index is 14.1. The zero-order valence-electron chi connectivity index (χ0n) is 49.5. The van der Waals surface area contributed by atoms with Crippen LogP contribution in [0.3, 0.4) is 0 Å². The van der Waals surface area contributed by atoms with Crippen LogP contribution in [0, 0.1) is 11.6 Å². The van der Waals surface area contributed by atoms with Gasteiger partial charge in [-0.2, -0.15) is 0 Å². The average Bonchev–Trinajstić information content (AvgIpc) is 1.90. The third-order valence-corrected chi connectivity index (χ3v) is 18.8. The number of fused-ring (bicyclic) bond motifs is 2. The van der Waals surface area contributed by atoms with Crippen molar-refractivity contribution in [1.29, 1.82) is 0 Å². The van der Waals surface area contributed by atoms with Gasteiger partial charge in [0, 0.05) is 133 Å². The average molecular weight is 1360 g/mol. The molecular formula is C63H62BrClF2N12O10S2. The zero-order chi connectivity index (χ0) is 64.0. The first-order valence-electron chi connectivity index (χ1n) is 29.2. The lowest BCUT2D eigenvalue weighted by Crippen LogP contribution is -2.53. The van der Waals surface area contributed by atoms with Crippen LogP contribution >= 0.6 is 50.2 Å². The van der Waals surface area contributed by atoms with E-state index in [1.54, 1.807) is 59.4 Å². The summed E-state index contributed by atoms with van der Waals surface area (Å²) in [5, 5.41) is 20.8. The lowest BCUT2D eigenvalue weighted by atomic mass is 9.95. The highest BCUT2D eigenvalue weighted by molar-refractivity contribution is 9.10. The van der Waals surface area contributed by atoms with Gasteiger partial charge in [0.25, 0.3) is 0 Å². The second-order valence-electron chi connectivity index (χ2n) is 21.9. The highest BCUT2D eigenvalue weighted by Gasteiger charge is 2.45. The molecule has 0 unspecified atom stereocenters. The van der Waals surface area contributed by atoms with Crippen LogP contribution < -0.4 is 20.4 Å². The number of ether oxygens (including phenoxy) is 3. The number of amides is 4. The van der Waals surface area contributed by atoms with Crippen molar-refractivity contribution in [3.8, 4) is 0 Å². The normalized spacial score (nSPS) is 20.0. The van der Waals surface area contributed by atoms with Crippen molar-refractivity contribution in [2.24, 2.45) is 9.98 Å². The van der Waals surface area contributed by atoms with Gasteiger partial charge in [0.05, 0.1) is 50.5 Å². The number of carbonyl (C=O) groups excluding carboxylic acids is 5. The lowest BCUT2D eigenvalue weighted by Gasteiger charge is -2.38. The van der Waals surface area contributed by atoms with Gasteiger partial charge in [-0.3, -0.25) is 39.2 Å². The van der Waals surface area contributed by atoms with Crippen LogP contribution in [0.1, 0.15) is 57.7 Å². The van der Waals surface area contributed by atoms with E-state index in [1.165, 1.54) is 67.2 Å².